The van der Waals surface area contributed by atoms with Crippen LogP contribution in [0.15, 0.2) is 30.3 Å². The van der Waals surface area contributed by atoms with Gasteiger partial charge >= 0.3 is 6.09 Å². The summed E-state index contributed by atoms with van der Waals surface area (Å²) in [7, 11) is 0. The van der Waals surface area contributed by atoms with Gasteiger partial charge in [0, 0.05) is 0 Å². The van der Waals surface area contributed by atoms with E-state index in [1.54, 1.807) is 0 Å². The molecule has 20 heavy (non-hydrogen) atoms. The number of fused-ring (bicyclic) bond motifs is 1. The highest BCUT2D eigenvalue weighted by Crippen LogP contribution is 2.36. The molecule has 1 aromatic rings. The first kappa shape index (κ1) is 13.7. The van der Waals surface area contributed by atoms with Gasteiger partial charge in [-0.3, -0.25) is 0 Å². The molecule has 0 unspecified atom stereocenters. The Kier molecular flexibility index (Phi) is 3.87. The number of carbonyl (C=O) groups excluding carboxylic acids is 1. The van der Waals surface area contributed by atoms with E-state index in [2.05, 4.69) is 5.32 Å². The van der Waals surface area contributed by atoms with E-state index in [1.807, 2.05) is 36.6 Å². The lowest BCUT2D eigenvalue weighted by Crippen LogP contribution is -2.38. The first-order valence-corrected chi connectivity index (χ1v) is 7.83. The standard InChI is InChI=1S/C14H17NO4S/c1-20-13-9-11(19-14(17)15-9)12(10(13)16)18-7-8-5-3-2-4-6-8/h2-6,9-13,16H,7H2,1H3,(H,15,17)/t9-,10+,11+,12+,13+/m1/s1. The number of aliphatic hydroxyl groups excluding tert-OH is 1. The molecule has 0 aromatic heterocycles. The zero-order chi connectivity index (χ0) is 14.1. The van der Waals surface area contributed by atoms with Crippen molar-refractivity contribution in [2.45, 2.75) is 36.2 Å². The second-order valence-electron chi connectivity index (χ2n) is 4.99. The Bertz CT molecular complexity index is 483. The topological polar surface area (TPSA) is 67.8 Å². The van der Waals surface area contributed by atoms with Crippen LogP contribution in [0.1, 0.15) is 5.56 Å². The highest BCUT2D eigenvalue weighted by atomic mass is 32.2. The van der Waals surface area contributed by atoms with Crippen molar-refractivity contribution in [2.75, 3.05) is 6.26 Å². The second-order valence-corrected chi connectivity index (χ2v) is 6.01. The third kappa shape index (κ3) is 2.39. The Labute approximate surface area is 121 Å². The molecule has 5 atom stereocenters. The molecule has 1 aliphatic carbocycles. The van der Waals surface area contributed by atoms with E-state index in [4.69, 9.17) is 9.47 Å². The molecule has 1 saturated carbocycles. The molecule has 1 aromatic carbocycles. The zero-order valence-corrected chi connectivity index (χ0v) is 11.9. The molecule has 1 saturated heterocycles. The molecule has 3 rings (SSSR count). The van der Waals surface area contributed by atoms with Crippen molar-refractivity contribution in [1.29, 1.82) is 0 Å². The van der Waals surface area contributed by atoms with Crippen molar-refractivity contribution in [1.82, 2.24) is 5.32 Å². The lowest BCUT2D eigenvalue weighted by atomic mass is 10.2. The summed E-state index contributed by atoms with van der Waals surface area (Å²) in [6.07, 6.45) is -0.0755. The molecule has 1 aliphatic heterocycles. The first-order chi connectivity index (χ1) is 9.70. The molecule has 2 N–H and O–H groups in total. The minimum atomic E-state index is -0.649. The van der Waals surface area contributed by atoms with Crippen LogP contribution in [0, 0.1) is 0 Å². The molecule has 108 valence electrons. The number of rotatable bonds is 4. The Hall–Kier alpha value is -1.24. The van der Waals surface area contributed by atoms with Gasteiger partial charge in [0.05, 0.1) is 24.0 Å². The normalized spacial score (nSPS) is 35.5. The predicted octanol–water partition coefficient (Wildman–Crippen LogP) is 1.15. The number of benzene rings is 1. The van der Waals surface area contributed by atoms with Crippen LogP contribution in [0.3, 0.4) is 0 Å². The van der Waals surface area contributed by atoms with Gasteiger partial charge < -0.3 is 19.9 Å². The van der Waals surface area contributed by atoms with Crippen LogP contribution >= 0.6 is 11.8 Å². The second kappa shape index (κ2) is 5.63. The van der Waals surface area contributed by atoms with Gasteiger partial charge in [-0.2, -0.15) is 11.8 Å². The lowest BCUT2D eigenvalue weighted by Gasteiger charge is -2.21. The zero-order valence-electron chi connectivity index (χ0n) is 11.1. The minimum absolute atomic E-state index is 0.104. The van der Waals surface area contributed by atoms with E-state index >= 15 is 0 Å². The molecule has 0 radical (unpaired) electrons. The van der Waals surface area contributed by atoms with Crippen molar-refractivity contribution in [3.05, 3.63) is 35.9 Å². The van der Waals surface area contributed by atoms with E-state index in [0.717, 1.165) is 5.56 Å². The molecule has 1 heterocycles. The highest BCUT2D eigenvalue weighted by Gasteiger charge is 2.56. The lowest BCUT2D eigenvalue weighted by molar-refractivity contribution is -0.0721. The number of ether oxygens (including phenoxy) is 2. The largest absolute Gasteiger partial charge is 0.441 e. The Balaban J connectivity index is 1.70. The number of nitrogens with one attached hydrogen (secondary N) is 1. The van der Waals surface area contributed by atoms with Gasteiger partial charge in [0.2, 0.25) is 0 Å². The smallest absolute Gasteiger partial charge is 0.407 e. The molecule has 5 nitrogen and oxygen atoms in total. The molecular weight excluding hydrogens is 278 g/mol. The third-order valence-electron chi connectivity index (χ3n) is 3.79. The summed E-state index contributed by atoms with van der Waals surface area (Å²) < 4.78 is 11.1. The summed E-state index contributed by atoms with van der Waals surface area (Å²) in [5, 5.41) is 13.0. The van der Waals surface area contributed by atoms with Crippen molar-refractivity contribution in [3.63, 3.8) is 0 Å². The summed E-state index contributed by atoms with van der Waals surface area (Å²) in [5.41, 5.74) is 1.03. The van der Waals surface area contributed by atoms with Gasteiger partial charge in [-0.05, 0) is 11.8 Å². The van der Waals surface area contributed by atoms with Crippen molar-refractivity contribution in [2.24, 2.45) is 0 Å². The van der Waals surface area contributed by atoms with Crippen LogP contribution in [-0.2, 0) is 16.1 Å². The molecule has 0 bridgehead atoms. The van der Waals surface area contributed by atoms with Gasteiger partial charge in [0.25, 0.3) is 0 Å². The Morgan fingerprint density at radius 3 is 2.85 bits per heavy atom. The van der Waals surface area contributed by atoms with Gasteiger partial charge in [0.15, 0.2) is 6.10 Å². The van der Waals surface area contributed by atoms with E-state index in [-0.39, 0.29) is 11.3 Å². The average molecular weight is 295 g/mol. The summed E-state index contributed by atoms with van der Waals surface area (Å²) in [6.45, 7) is 0.393. The maximum atomic E-state index is 11.4. The number of amides is 1. The number of aliphatic hydroxyl groups is 1. The van der Waals surface area contributed by atoms with Crippen LogP contribution in [0.2, 0.25) is 0 Å². The molecule has 2 fully saturated rings. The Morgan fingerprint density at radius 1 is 1.40 bits per heavy atom. The van der Waals surface area contributed by atoms with Crippen LogP contribution in [-0.4, -0.2) is 47.1 Å². The minimum Gasteiger partial charge on any atom is -0.441 e. The number of carbonyl (C=O) groups is 1. The summed E-state index contributed by atoms with van der Waals surface area (Å²) >= 11 is 1.52. The summed E-state index contributed by atoms with van der Waals surface area (Å²) in [5.74, 6) is 0. The monoisotopic (exact) mass is 295 g/mol. The van der Waals surface area contributed by atoms with E-state index in [0.29, 0.717) is 6.61 Å². The number of hydrogen-bond donors (Lipinski definition) is 2. The number of alkyl carbamates (subject to hydrolysis) is 1. The van der Waals surface area contributed by atoms with Gasteiger partial charge in [-0.25, -0.2) is 4.79 Å². The maximum Gasteiger partial charge on any atom is 0.407 e. The average Bonchev–Trinajstić information content (AvgIpc) is 2.92. The SMILES string of the molecule is CS[C@@H]1[C@@H](O)[C@H](OCc2ccccc2)[C@H]2OC(=O)N[C@H]21. The van der Waals surface area contributed by atoms with Crippen LogP contribution < -0.4 is 5.32 Å². The van der Waals surface area contributed by atoms with E-state index < -0.39 is 24.4 Å². The fourth-order valence-corrected chi connectivity index (χ4v) is 3.78. The van der Waals surface area contributed by atoms with Crippen LogP contribution in [0.25, 0.3) is 0 Å². The molecule has 0 spiro atoms. The quantitative estimate of drug-likeness (QED) is 0.872. The summed E-state index contributed by atoms with van der Waals surface area (Å²) in [6, 6.07) is 9.56. The Morgan fingerprint density at radius 2 is 2.15 bits per heavy atom. The summed E-state index contributed by atoms with van der Waals surface area (Å²) in [4.78, 5) is 11.4. The molecule has 1 amide bonds. The number of thioether (sulfide) groups is 1. The van der Waals surface area contributed by atoms with Crippen molar-refractivity contribution in [3.8, 4) is 0 Å². The van der Waals surface area contributed by atoms with Crippen molar-refractivity contribution >= 4 is 17.9 Å². The van der Waals surface area contributed by atoms with Crippen LogP contribution in [0.4, 0.5) is 4.79 Å². The highest BCUT2D eigenvalue weighted by molar-refractivity contribution is 7.99. The van der Waals surface area contributed by atoms with Gasteiger partial charge in [-0.1, -0.05) is 30.3 Å². The first-order valence-electron chi connectivity index (χ1n) is 6.54. The maximum absolute atomic E-state index is 11.4. The van der Waals surface area contributed by atoms with Gasteiger partial charge in [-0.15, -0.1) is 0 Å². The van der Waals surface area contributed by atoms with Crippen LogP contribution in [0.5, 0.6) is 0 Å². The predicted molar refractivity (Wildman–Crippen MR) is 75.5 cm³/mol. The van der Waals surface area contributed by atoms with Crippen molar-refractivity contribution < 1.29 is 19.4 Å². The molecular formula is C14H17NO4S. The fraction of sp³-hybridized carbons (Fsp3) is 0.500. The number of hydrogen-bond acceptors (Lipinski definition) is 5. The third-order valence-corrected chi connectivity index (χ3v) is 4.91. The molecule has 2 aliphatic rings. The fourth-order valence-electron chi connectivity index (χ4n) is 2.83. The molecule has 6 heteroatoms. The van der Waals surface area contributed by atoms with Gasteiger partial charge in [0.1, 0.15) is 6.10 Å². The van der Waals surface area contributed by atoms with E-state index in [9.17, 15) is 9.90 Å². The van der Waals surface area contributed by atoms with E-state index in [1.165, 1.54) is 11.8 Å².